The van der Waals surface area contributed by atoms with E-state index in [2.05, 4.69) is 13.5 Å². The zero-order valence-corrected chi connectivity index (χ0v) is 5.20. The monoisotopic (exact) mass is 98.0 g/mol. The van der Waals surface area contributed by atoms with Gasteiger partial charge < -0.3 is 11.6 Å². The number of hydrogen-bond donors (Lipinski definition) is 0. The van der Waals surface area contributed by atoms with Gasteiger partial charge in [-0.2, -0.15) is 6.42 Å². The van der Waals surface area contributed by atoms with Gasteiger partial charge in [-0.3, -0.25) is 0 Å². The Morgan fingerprint density at radius 1 is 1.67 bits per heavy atom. The van der Waals surface area contributed by atoms with E-state index >= 15 is 0 Å². The largest absolute Gasteiger partial charge is 2.00 e. The van der Waals surface area contributed by atoms with Gasteiger partial charge in [0.05, 0.1) is 0 Å². The van der Waals surface area contributed by atoms with Crippen LogP contribution in [0.25, 0.3) is 0 Å². The maximum atomic E-state index is 3.49. The minimum Gasteiger partial charge on any atom is -1.00 e. The van der Waals surface area contributed by atoms with E-state index in [1.54, 1.807) is 6.08 Å². The number of hydrogen-bond acceptors (Lipinski definition) is 0. The molecule has 0 N–H and O–H groups in total. The van der Waals surface area contributed by atoms with Crippen molar-refractivity contribution < 1.29 is 4.70 Å². The molecule has 0 fully saturated rings. The van der Waals surface area contributed by atoms with Crippen LogP contribution >= 0.6 is 0 Å². The van der Waals surface area contributed by atoms with Crippen LogP contribution in [-0.4, -0.2) is 23.1 Å². The van der Waals surface area contributed by atoms with Crippen LogP contribution in [0.15, 0.2) is 12.7 Å². The van der Waals surface area contributed by atoms with Crippen molar-refractivity contribution in [2.75, 3.05) is 0 Å². The van der Waals surface area contributed by atoms with Gasteiger partial charge in [-0.15, -0.1) is 12.7 Å². The van der Waals surface area contributed by atoms with E-state index in [1.807, 2.05) is 0 Å². The van der Waals surface area contributed by atoms with Gasteiger partial charge in [-0.1, -0.05) is 0 Å². The molecule has 0 aromatic rings. The van der Waals surface area contributed by atoms with E-state index in [4.69, 9.17) is 0 Å². The molecule has 0 nitrogen and oxygen atoms in total. The summed E-state index contributed by atoms with van der Waals surface area (Å²) in [4.78, 5) is 0. The Bertz CT molecular complexity index is 21.5. The van der Waals surface area contributed by atoms with E-state index < -0.39 is 0 Å². The van der Waals surface area contributed by atoms with Crippen LogP contribution in [-0.2, 0) is 0 Å². The summed E-state index contributed by atoms with van der Waals surface area (Å²) in [5, 5.41) is 0. The molecule has 0 unspecified atom stereocenters. The van der Waals surface area contributed by atoms with Crippen LogP contribution in [0.3, 0.4) is 0 Å². The molecule has 0 spiro atoms. The van der Waals surface area contributed by atoms with E-state index in [1.165, 1.54) is 0 Å². The molecular weight excluding hydrogens is 91.3 g/mol. The summed E-state index contributed by atoms with van der Waals surface area (Å²) in [5.41, 5.74) is 0. The van der Waals surface area contributed by atoms with Gasteiger partial charge in [0, 0.05) is 0 Å². The van der Waals surface area contributed by atoms with E-state index in [0.717, 1.165) is 6.42 Å². The van der Waals surface area contributed by atoms with Crippen LogP contribution in [0.5, 0.6) is 0 Å². The Labute approximate surface area is 54.1 Å². The maximum absolute atomic E-state index is 3.49. The minimum absolute atomic E-state index is 0. The van der Waals surface area contributed by atoms with Crippen molar-refractivity contribution in [3.05, 3.63) is 19.6 Å². The normalized spacial score (nSPS) is 4.17. The van der Waals surface area contributed by atoms with E-state index in [0.29, 0.717) is 0 Å². The summed E-state index contributed by atoms with van der Waals surface area (Å²) in [5.74, 6) is 0. The van der Waals surface area contributed by atoms with Crippen molar-refractivity contribution in [3.63, 3.8) is 0 Å². The number of rotatable bonds is 1. The molecule has 0 aliphatic rings. The molecule has 6 heavy (non-hydrogen) atoms. The predicted octanol–water partition coefficient (Wildman–Crippen LogP) is -1.98. The summed E-state index contributed by atoms with van der Waals surface area (Å²) in [6.45, 7) is 6.90. The summed E-state index contributed by atoms with van der Waals surface area (Å²) in [7, 11) is 0. The fourth-order valence-electron chi connectivity index (χ4n) is 0. The summed E-state index contributed by atoms with van der Waals surface area (Å²) in [6.07, 6.45) is 2.60. The summed E-state index contributed by atoms with van der Waals surface area (Å²) in [6, 6.07) is 0. The Morgan fingerprint density at radius 3 is 1.83 bits per heavy atom. The van der Waals surface area contributed by atoms with Crippen LogP contribution in [0.1, 0.15) is 6.42 Å². The Balaban J connectivity index is -0.0000000450. The van der Waals surface area contributed by atoms with Gasteiger partial charge in [0.15, 0.2) is 0 Å². The first-order chi connectivity index (χ1) is 1.91. The van der Waals surface area contributed by atoms with Gasteiger partial charge in [0.2, 0.25) is 0 Å². The van der Waals surface area contributed by atoms with Crippen LogP contribution in [0.2, 0.25) is 0 Å². The van der Waals surface area contributed by atoms with Gasteiger partial charge >= 0.3 is 23.1 Å². The molecule has 0 aliphatic carbocycles. The maximum Gasteiger partial charge on any atom is 2.00 e. The molecule has 0 heterocycles. The van der Waals surface area contributed by atoms with E-state index in [9.17, 15) is 0 Å². The molecule has 0 amide bonds. The first-order valence-electron chi connectivity index (χ1n) is 1.32. The molecule has 32 valence electrons. The van der Waals surface area contributed by atoms with Gasteiger partial charge in [0.1, 0.15) is 0 Å². The third-order valence-corrected chi connectivity index (χ3v) is 0.204. The van der Waals surface area contributed by atoms with Crippen LogP contribution in [0, 0.1) is 6.92 Å². The third kappa shape index (κ3) is 25.4. The summed E-state index contributed by atoms with van der Waals surface area (Å²) < 4.78 is 0. The molecule has 0 atom stereocenters. The number of halogens is 1. The standard InChI is InChI=1S/C4H7.FH.Mg/c1-3-4-2;;/h3H,1-2,4H2;1H;/q-1;;+2/p-1. The SMILES string of the molecule is C=CC[CH2-].[F-].[Mg+2]. The Hall–Kier alpha value is 0.436. The van der Waals surface area contributed by atoms with Gasteiger partial charge in [-0.25, -0.2) is 0 Å². The second-order valence-electron chi connectivity index (χ2n) is 0.577. The quantitative estimate of drug-likeness (QED) is 0.203. The Morgan fingerprint density at radius 2 is 1.83 bits per heavy atom. The topological polar surface area (TPSA) is 0 Å². The first kappa shape index (κ1) is 16.1. The molecular formula is C4H7FMg. The number of allylic oxidation sites excluding steroid dienone is 1. The fraction of sp³-hybridized carbons (Fsp3) is 0.250. The van der Waals surface area contributed by atoms with Crippen LogP contribution < -0.4 is 4.70 Å². The zero-order valence-electron chi connectivity index (χ0n) is 3.78. The van der Waals surface area contributed by atoms with Crippen molar-refractivity contribution >= 4 is 23.1 Å². The molecule has 0 saturated carbocycles. The molecule has 0 bridgehead atoms. The third-order valence-electron chi connectivity index (χ3n) is 0.204. The van der Waals surface area contributed by atoms with Crippen molar-refractivity contribution in [3.8, 4) is 0 Å². The summed E-state index contributed by atoms with van der Waals surface area (Å²) >= 11 is 0. The molecule has 0 aliphatic heterocycles. The van der Waals surface area contributed by atoms with Crippen molar-refractivity contribution in [1.29, 1.82) is 0 Å². The molecule has 0 aromatic carbocycles. The van der Waals surface area contributed by atoms with Crippen LogP contribution in [0.4, 0.5) is 0 Å². The average Bonchev–Trinajstić information content (AvgIpc) is 1.37. The van der Waals surface area contributed by atoms with E-state index in [-0.39, 0.29) is 27.8 Å². The van der Waals surface area contributed by atoms with Gasteiger partial charge in [0.25, 0.3) is 0 Å². The van der Waals surface area contributed by atoms with Gasteiger partial charge in [-0.05, 0) is 0 Å². The van der Waals surface area contributed by atoms with Crippen molar-refractivity contribution in [2.45, 2.75) is 6.42 Å². The second-order valence-corrected chi connectivity index (χ2v) is 0.577. The predicted molar refractivity (Wildman–Crippen MR) is 25.9 cm³/mol. The van der Waals surface area contributed by atoms with Crippen molar-refractivity contribution in [2.24, 2.45) is 0 Å². The van der Waals surface area contributed by atoms with Crippen molar-refractivity contribution in [1.82, 2.24) is 0 Å². The smallest absolute Gasteiger partial charge is 1.00 e. The minimum atomic E-state index is 0. The molecule has 0 rings (SSSR count). The fourth-order valence-corrected chi connectivity index (χ4v) is 0. The molecule has 0 aromatic heterocycles. The second kappa shape index (κ2) is 18.0. The Kier molecular flexibility index (Phi) is 48.4. The zero-order chi connectivity index (χ0) is 3.41. The first-order valence-corrected chi connectivity index (χ1v) is 1.32. The molecule has 2 heteroatoms. The molecule has 0 radical (unpaired) electrons. The average molecular weight is 98.4 g/mol. The molecule has 0 saturated heterocycles.